The van der Waals surface area contributed by atoms with E-state index < -0.39 is 23.9 Å². The molecule has 1 rings (SSSR count). The summed E-state index contributed by atoms with van der Waals surface area (Å²) in [6, 6.07) is 0. The van der Waals surface area contributed by atoms with Crippen molar-refractivity contribution in [1.82, 2.24) is 0 Å². The number of Topliss-reactive ketones (excluding diaryl/α,β-unsaturated/α-hetero) is 1. The molecule has 0 amide bonds. The Kier molecular flexibility index (Phi) is 10.1. The zero-order valence-corrected chi connectivity index (χ0v) is 16.2. The quantitative estimate of drug-likeness (QED) is 0.292. The second kappa shape index (κ2) is 11.5. The highest BCUT2D eigenvalue weighted by Crippen LogP contribution is 2.40. The number of carboxylic acid groups (broad SMARTS) is 1. The highest BCUT2D eigenvalue weighted by Gasteiger charge is 2.45. The number of carbonyl (C=O) groups excluding carboxylic acids is 1. The van der Waals surface area contributed by atoms with Crippen molar-refractivity contribution in [3.63, 3.8) is 0 Å². The van der Waals surface area contributed by atoms with Crippen LogP contribution in [-0.2, 0) is 9.59 Å². The molecule has 0 bridgehead atoms. The predicted molar refractivity (Wildman–Crippen MR) is 104 cm³/mol. The smallest absolute Gasteiger partial charge is 0.307 e. The van der Waals surface area contributed by atoms with Crippen LogP contribution < -0.4 is 0 Å². The summed E-state index contributed by atoms with van der Waals surface area (Å²) >= 11 is 4.51. The summed E-state index contributed by atoms with van der Waals surface area (Å²) in [5, 5.41) is 19.5. The Morgan fingerprint density at radius 3 is 2.68 bits per heavy atom. The molecule has 2 N–H and O–H groups in total. The van der Waals surface area contributed by atoms with Gasteiger partial charge in [0.25, 0.3) is 0 Å². The summed E-state index contributed by atoms with van der Waals surface area (Å²) in [6.07, 6.45) is 12.0. The number of ketones is 1. The molecular formula is C20H32O4S. The number of allylic oxidation sites excluding steroid dienone is 3. The first kappa shape index (κ1) is 22.0. The van der Waals surface area contributed by atoms with Gasteiger partial charge in [-0.25, -0.2) is 0 Å². The molecule has 0 aliphatic heterocycles. The van der Waals surface area contributed by atoms with Crippen LogP contribution >= 0.6 is 12.6 Å². The van der Waals surface area contributed by atoms with E-state index >= 15 is 0 Å². The number of hydrogen-bond acceptors (Lipinski definition) is 4. The predicted octanol–water partition coefficient (Wildman–Crippen LogP) is 4.04. The number of aliphatic hydroxyl groups excluding tert-OH is 1. The molecular weight excluding hydrogens is 336 g/mol. The second-order valence-electron chi connectivity index (χ2n) is 6.88. The maximum absolute atomic E-state index is 12.4. The Hall–Kier alpha value is -1.07. The standard InChI is InChI=1S/C20H32O4S/c1-3-5-7-9-14(21)11-12-15-18(25)13-17(22)19(15)16(20(23)24)10-8-6-4-2/h4,6,11-12,14-16,18-19,21,25H,3,5,7-10,13H2,1-2H3,(H,23,24)/b6-4+,12-11+. The van der Waals surface area contributed by atoms with Gasteiger partial charge in [-0.2, -0.15) is 12.6 Å². The summed E-state index contributed by atoms with van der Waals surface area (Å²) in [4.78, 5) is 24.1. The van der Waals surface area contributed by atoms with Crippen molar-refractivity contribution < 1.29 is 19.8 Å². The maximum Gasteiger partial charge on any atom is 0.307 e. The van der Waals surface area contributed by atoms with Crippen molar-refractivity contribution in [3.05, 3.63) is 24.3 Å². The number of unbranched alkanes of at least 4 members (excludes halogenated alkanes) is 2. The average molecular weight is 369 g/mol. The van der Waals surface area contributed by atoms with Crippen LogP contribution in [-0.4, -0.2) is 33.3 Å². The lowest BCUT2D eigenvalue weighted by Crippen LogP contribution is -2.31. The Labute approximate surface area is 156 Å². The Balaban J connectivity index is 2.82. The van der Waals surface area contributed by atoms with Crippen LogP contribution in [0.1, 0.15) is 58.8 Å². The highest BCUT2D eigenvalue weighted by atomic mass is 32.1. The number of hydrogen-bond donors (Lipinski definition) is 3. The van der Waals surface area contributed by atoms with Gasteiger partial charge in [0.05, 0.1) is 12.0 Å². The number of aliphatic hydroxyl groups is 1. The minimum Gasteiger partial charge on any atom is -0.481 e. The molecule has 1 aliphatic carbocycles. The molecule has 0 radical (unpaired) electrons. The molecule has 5 atom stereocenters. The SMILES string of the molecule is C/C=C/CCC(C(=O)O)C1C(=O)CC(S)C1/C=C/C(O)CCCCC. The molecule has 0 heterocycles. The largest absolute Gasteiger partial charge is 0.481 e. The molecule has 5 unspecified atom stereocenters. The highest BCUT2D eigenvalue weighted by molar-refractivity contribution is 7.81. The van der Waals surface area contributed by atoms with Crippen molar-refractivity contribution >= 4 is 24.4 Å². The lowest BCUT2D eigenvalue weighted by Gasteiger charge is -2.24. The van der Waals surface area contributed by atoms with E-state index in [2.05, 4.69) is 19.6 Å². The number of carboxylic acids is 1. The van der Waals surface area contributed by atoms with Gasteiger partial charge < -0.3 is 10.2 Å². The molecule has 1 fully saturated rings. The van der Waals surface area contributed by atoms with Gasteiger partial charge >= 0.3 is 5.97 Å². The van der Waals surface area contributed by atoms with Crippen LogP contribution in [0.15, 0.2) is 24.3 Å². The third kappa shape index (κ3) is 6.98. The van der Waals surface area contributed by atoms with E-state index in [4.69, 9.17) is 0 Å². The molecule has 0 aromatic heterocycles. The third-order valence-electron chi connectivity index (χ3n) is 4.93. The van der Waals surface area contributed by atoms with Crippen LogP contribution in [0.25, 0.3) is 0 Å². The molecule has 0 aromatic carbocycles. The lowest BCUT2D eigenvalue weighted by atomic mass is 9.80. The van der Waals surface area contributed by atoms with Crippen LogP contribution in [0, 0.1) is 17.8 Å². The number of rotatable bonds is 11. The van der Waals surface area contributed by atoms with Crippen molar-refractivity contribution in [2.24, 2.45) is 17.8 Å². The van der Waals surface area contributed by atoms with E-state index in [-0.39, 0.29) is 17.0 Å². The lowest BCUT2D eigenvalue weighted by molar-refractivity contribution is -0.146. The van der Waals surface area contributed by atoms with Crippen LogP contribution in [0.4, 0.5) is 0 Å². The number of carbonyl (C=O) groups is 2. The fraction of sp³-hybridized carbons (Fsp3) is 0.700. The average Bonchev–Trinajstić information content (AvgIpc) is 2.83. The monoisotopic (exact) mass is 368 g/mol. The Morgan fingerprint density at radius 2 is 2.08 bits per heavy atom. The van der Waals surface area contributed by atoms with Crippen molar-refractivity contribution in [2.45, 2.75) is 70.1 Å². The van der Waals surface area contributed by atoms with Gasteiger partial charge in [0.1, 0.15) is 5.78 Å². The van der Waals surface area contributed by atoms with Gasteiger partial charge in [0.2, 0.25) is 0 Å². The number of thiol groups is 1. The summed E-state index contributed by atoms with van der Waals surface area (Å²) in [7, 11) is 0. The van der Waals surface area contributed by atoms with E-state index in [1.165, 1.54) is 0 Å². The first-order chi connectivity index (χ1) is 11.9. The van der Waals surface area contributed by atoms with E-state index in [1.54, 1.807) is 6.08 Å². The molecule has 0 spiro atoms. The van der Waals surface area contributed by atoms with Crippen LogP contribution in [0.3, 0.4) is 0 Å². The second-order valence-corrected chi connectivity index (χ2v) is 7.54. The molecule has 0 aromatic rings. The fourth-order valence-corrected chi connectivity index (χ4v) is 3.99. The minimum absolute atomic E-state index is 0.0250. The third-order valence-corrected chi connectivity index (χ3v) is 5.46. The minimum atomic E-state index is -0.924. The fourth-order valence-electron chi connectivity index (χ4n) is 3.53. The molecule has 0 saturated heterocycles. The molecule has 25 heavy (non-hydrogen) atoms. The van der Waals surface area contributed by atoms with E-state index in [0.29, 0.717) is 25.7 Å². The summed E-state index contributed by atoms with van der Waals surface area (Å²) < 4.78 is 0. The van der Waals surface area contributed by atoms with E-state index in [9.17, 15) is 19.8 Å². The summed E-state index contributed by atoms with van der Waals surface area (Å²) in [6.45, 7) is 4.01. The first-order valence-corrected chi connectivity index (χ1v) is 9.85. The molecule has 1 saturated carbocycles. The van der Waals surface area contributed by atoms with E-state index in [0.717, 1.165) is 19.3 Å². The van der Waals surface area contributed by atoms with Crippen molar-refractivity contribution in [1.29, 1.82) is 0 Å². The van der Waals surface area contributed by atoms with Gasteiger partial charge in [-0.05, 0) is 32.1 Å². The van der Waals surface area contributed by atoms with Gasteiger partial charge in [0.15, 0.2) is 0 Å². The first-order valence-electron chi connectivity index (χ1n) is 9.33. The summed E-state index contributed by atoms with van der Waals surface area (Å²) in [5.41, 5.74) is 0. The molecule has 4 nitrogen and oxygen atoms in total. The normalized spacial score (nSPS) is 26.6. The van der Waals surface area contributed by atoms with Gasteiger partial charge in [-0.15, -0.1) is 0 Å². The number of aliphatic carboxylic acids is 1. The summed E-state index contributed by atoms with van der Waals surface area (Å²) in [5.74, 6) is -2.43. The Morgan fingerprint density at radius 1 is 1.36 bits per heavy atom. The van der Waals surface area contributed by atoms with Gasteiger partial charge in [0, 0.05) is 17.6 Å². The zero-order chi connectivity index (χ0) is 18.8. The van der Waals surface area contributed by atoms with Crippen molar-refractivity contribution in [3.8, 4) is 0 Å². The topological polar surface area (TPSA) is 74.6 Å². The van der Waals surface area contributed by atoms with Crippen LogP contribution in [0.5, 0.6) is 0 Å². The van der Waals surface area contributed by atoms with Crippen molar-refractivity contribution in [2.75, 3.05) is 0 Å². The molecule has 142 valence electrons. The Bertz CT molecular complexity index is 486. The molecule has 5 heteroatoms. The van der Waals surface area contributed by atoms with Crippen LogP contribution in [0.2, 0.25) is 0 Å². The van der Waals surface area contributed by atoms with Gasteiger partial charge in [-0.1, -0.05) is 50.5 Å². The maximum atomic E-state index is 12.4. The zero-order valence-electron chi connectivity index (χ0n) is 15.3. The van der Waals surface area contributed by atoms with Gasteiger partial charge in [-0.3, -0.25) is 9.59 Å². The van der Waals surface area contributed by atoms with E-state index in [1.807, 2.05) is 25.2 Å². The molecule has 1 aliphatic rings.